The van der Waals surface area contributed by atoms with Crippen molar-refractivity contribution in [1.29, 1.82) is 0 Å². The number of aliphatic imine (C=N–C) groups is 1. The fraction of sp³-hybridized carbons (Fsp3) is 0.196. The second kappa shape index (κ2) is 13.5. The molecule has 54 heavy (non-hydrogen) atoms. The van der Waals surface area contributed by atoms with Crippen LogP contribution in [0.3, 0.4) is 0 Å². The molecule has 268 valence electrons. The maximum atomic E-state index is 4.69. The molecular formula is C51H49N3. The van der Waals surface area contributed by atoms with Crippen LogP contribution in [0.15, 0.2) is 162 Å². The maximum absolute atomic E-state index is 4.69. The van der Waals surface area contributed by atoms with E-state index in [0.717, 1.165) is 45.5 Å². The minimum Gasteiger partial charge on any atom is -0.310 e. The van der Waals surface area contributed by atoms with Crippen LogP contribution in [0, 0.1) is 0 Å². The summed E-state index contributed by atoms with van der Waals surface area (Å²) in [6.07, 6.45) is 13.5. The number of allylic oxidation sites excluding steroid dienone is 8. The van der Waals surface area contributed by atoms with Crippen LogP contribution >= 0.6 is 0 Å². The molecule has 2 aromatic heterocycles. The lowest BCUT2D eigenvalue weighted by atomic mass is 9.85. The first-order valence-electron chi connectivity index (χ1n) is 19.1. The van der Waals surface area contributed by atoms with Crippen LogP contribution in [0.5, 0.6) is 0 Å². The summed E-state index contributed by atoms with van der Waals surface area (Å²) in [5.74, 6) is 0. The van der Waals surface area contributed by atoms with Gasteiger partial charge in [-0.15, -0.1) is 0 Å². The van der Waals surface area contributed by atoms with Crippen molar-refractivity contribution in [3.8, 4) is 5.69 Å². The Morgan fingerprint density at radius 3 is 1.74 bits per heavy atom. The molecule has 0 unspecified atom stereocenters. The molecule has 3 heterocycles. The zero-order valence-electron chi connectivity index (χ0n) is 32.6. The zero-order chi connectivity index (χ0) is 37.8. The highest BCUT2D eigenvalue weighted by molar-refractivity contribution is 6.11. The second-order valence-electron chi connectivity index (χ2n) is 16.6. The monoisotopic (exact) mass is 703 g/mol. The summed E-state index contributed by atoms with van der Waals surface area (Å²) in [5, 5.41) is 5.07. The second-order valence-corrected chi connectivity index (χ2v) is 16.6. The Morgan fingerprint density at radius 1 is 0.648 bits per heavy atom. The molecule has 0 amide bonds. The number of fused-ring (bicyclic) bond motifs is 6. The molecule has 0 aliphatic carbocycles. The molecule has 0 fully saturated rings. The van der Waals surface area contributed by atoms with Gasteiger partial charge in [0.25, 0.3) is 0 Å². The van der Waals surface area contributed by atoms with E-state index in [2.05, 4.69) is 198 Å². The minimum absolute atomic E-state index is 0.0656. The van der Waals surface area contributed by atoms with Gasteiger partial charge in [-0.3, -0.25) is 4.99 Å². The fourth-order valence-electron chi connectivity index (χ4n) is 7.85. The highest BCUT2D eigenvalue weighted by atomic mass is 15.0. The number of para-hydroxylation sites is 2. The first kappa shape index (κ1) is 35.1. The normalized spacial score (nSPS) is 14.4. The minimum atomic E-state index is 0.0656. The topological polar surface area (TPSA) is 22.2 Å². The Hall–Kier alpha value is -5.93. The average molecular weight is 704 g/mol. The molecule has 0 spiro atoms. The van der Waals surface area contributed by atoms with E-state index in [0.29, 0.717) is 0 Å². The average Bonchev–Trinajstić information content (AvgIpc) is 3.55. The summed E-state index contributed by atoms with van der Waals surface area (Å²) in [6.45, 7) is 20.4. The lowest BCUT2D eigenvalue weighted by molar-refractivity contribution is 0.590. The number of aromatic nitrogens is 2. The smallest absolute Gasteiger partial charge is 0.0541 e. The van der Waals surface area contributed by atoms with Gasteiger partial charge in [0.2, 0.25) is 0 Å². The van der Waals surface area contributed by atoms with E-state index in [4.69, 9.17) is 4.99 Å². The number of rotatable bonds is 6. The third-order valence-corrected chi connectivity index (χ3v) is 10.9. The zero-order valence-corrected chi connectivity index (χ0v) is 32.6. The van der Waals surface area contributed by atoms with E-state index in [1.165, 1.54) is 49.3 Å². The van der Waals surface area contributed by atoms with Crippen LogP contribution in [-0.2, 0) is 10.8 Å². The molecule has 0 saturated heterocycles. The molecule has 5 aromatic carbocycles. The van der Waals surface area contributed by atoms with Gasteiger partial charge >= 0.3 is 0 Å². The lowest BCUT2D eigenvalue weighted by Crippen LogP contribution is -2.10. The molecule has 0 saturated carbocycles. The fourth-order valence-corrected chi connectivity index (χ4v) is 7.85. The molecule has 0 N–H and O–H groups in total. The molecule has 3 heteroatoms. The van der Waals surface area contributed by atoms with E-state index >= 15 is 0 Å². The van der Waals surface area contributed by atoms with Gasteiger partial charge in [-0.05, 0) is 106 Å². The standard InChI is InChI=1S/C51H49N3/c1-9-35(19-18-34(2)53-46-16-12-10-14-42(46)43-15-11-13-17-47(43)53)37-28-29-52-33-38(30-37)36-20-24-41(25-21-36)54-48-26-22-39(50(3,4)5)31-44(48)45-32-40(51(6,7)8)23-27-49(45)54/h9-27,29-33H,2,28H2,1,3-8H3/b19-18-,35-9+. The van der Waals surface area contributed by atoms with Gasteiger partial charge in [0.1, 0.15) is 0 Å². The van der Waals surface area contributed by atoms with E-state index in [1.807, 2.05) is 12.4 Å². The van der Waals surface area contributed by atoms with Crippen molar-refractivity contribution in [2.75, 3.05) is 0 Å². The Morgan fingerprint density at radius 2 is 1.20 bits per heavy atom. The van der Waals surface area contributed by atoms with Crippen molar-refractivity contribution in [2.45, 2.75) is 65.7 Å². The van der Waals surface area contributed by atoms with Gasteiger partial charge in [-0.25, -0.2) is 0 Å². The molecule has 1 aliphatic rings. The summed E-state index contributed by atoms with van der Waals surface area (Å²) >= 11 is 0. The predicted octanol–water partition coefficient (Wildman–Crippen LogP) is 13.9. The third-order valence-electron chi connectivity index (χ3n) is 10.9. The van der Waals surface area contributed by atoms with Crippen molar-refractivity contribution >= 4 is 61.1 Å². The maximum Gasteiger partial charge on any atom is 0.0541 e. The Balaban J connectivity index is 1.12. The van der Waals surface area contributed by atoms with Crippen LogP contribution in [0.4, 0.5) is 0 Å². The van der Waals surface area contributed by atoms with E-state index in [-0.39, 0.29) is 10.8 Å². The van der Waals surface area contributed by atoms with Crippen LogP contribution in [0.2, 0.25) is 0 Å². The predicted molar refractivity (Wildman–Crippen MR) is 235 cm³/mol. The number of benzene rings is 5. The quantitative estimate of drug-likeness (QED) is 0.154. The van der Waals surface area contributed by atoms with Gasteiger partial charge < -0.3 is 9.13 Å². The van der Waals surface area contributed by atoms with E-state index in [1.54, 1.807) is 0 Å². The highest BCUT2D eigenvalue weighted by Gasteiger charge is 2.21. The largest absolute Gasteiger partial charge is 0.310 e. The Bertz CT molecular complexity index is 2630. The molecule has 0 radical (unpaired) electrons. The van der Waals surface area contributed by atoms with Crippen molar-refractivity contribution in [3.63, 3.8) is 0 Å². The molecule has 3 nitrogen and oxygen atoms in total. The van der Waals surface area contributed by atoms with Gasteiger partial charge in [0.05, 0.1) is 22.1 Å². The molecule has 0 bridgehead atoms. The first-order chi connectivity index (χ1) is 25.9. The van der Waals surface area contributed by atoms with E-state index in [9.17, 15) is 0 Å². The lowest BCUT2D eigenvalue weighted by Gasteiger charge is -2.19. The van der Waals surface area contributed by atoms with Gasteiger partial charge in [-0.1, -0.05) is 121 Å². The summed E-state index contributed by atoms with van der Waals surface area (Å²) in [4.78, 5) is 4.69. The number of nitrogens with zero attached hydrogens (tertiary/aromatic N) is 3. The highest BCUT2D eigenvalue weighted by Crippen LogP contribution is 2.38. The third kappa shape index (κ3) is 6.28. The SMILES string of the molecule is C=C(/C=C\C(=C/C)C1=CC(c2ccc(-n3c4ccc(C(C)(C)C)cc4c4cc(C(C)(C)C)ccc43)cc2)=CN=CC1)n1c2ccccc2c2ccccc21. The summed E-state index contributed by atoms with van der Waals surface area (Å²) in [5.41, 5.74) is 14.3. The molecule has 8 rings (SSSR count). The molecule has 7 aromatic rings. The van der Waals surface area contributed by atoms with Crippen molar-refractivity contribution in [2.24, 2.45) is 4.99 Å². The Labute approximate surface area is 319 Å². The summed E-state index contributed by atoms with van der Waals surface area (Å²) in [7, 11) is 0. The van der Waals surface area contributed by atoms with Crippen molar-refractivity contribution < 1.29 is 0 Å². The van der Waals surface area contributed by atoms with Crippen LogP contribution < -0.4 is 0 Å². The molecule has 0 atom stereocenters. The van der Waals surface area contributed by atoms with Gasteiger partial charge in [0, 0.05) is 57.3 Å². The number of hydrogen-bond donors (Lipinski definition) is 0. The van der Waals surface area contributed by atoms with Gasteiger partial charge in [-0.2, -0.15) is 0 Å². The van der Waals surface area contributed by atoms with Crippen LogP contribution in [0.25, 0.3) is 60.6 Å². The summed E-state index contributed by atoms with van der Waals surface area (Å²) < 4.78 is 4.68. The summed E-state index contributed by atoms with van der Waals surface area (Å²) in [6, 6.07) is 40.1. The van der Waals surface area contributed by atoms with Gasteiger partial charge in [0.15, 0.2) is 0 Å². The number of hydrogen-bond acceptors (Lipinski definition) is 1. The van der Waals surface area contributed by atoms with E-state index < -0.39 is 0 Å². The van der Waals surface area contributed by atoms with Crippen molar-refractivity contribution in [3.05, 3.63) is 174 Å². The molecular weight excluding hydrogens is 655 g/mol. The Kier molecular flexibility index (Phi) is 8.77. The van der Waals surface area contributed by atoms with Crippen LogP contribution in [0.1, 0.15) is 71.6 Å². The molecule has 1 aliphatic heterocycles. The van der Waals surface area contributed by atoms with Crippen molar-refractivity contribution in [1.82, 2.24) is 9.13 Å². The first-order valence-corrected chi connectivity index (χ1v) is 19.1. The van der Waals surface area contributed by atoms with Crippen LogP contribution in [-0.4, -0.2) is 15.3 Å².